The number of carboxylic acids is 1. The Labute approximate surface area is 94.5 Å². The Kier molecular flexibility index (Phi) is 4.17. The third-order valence-electron chi connectivity index (χ3n) is 2.39. The number of benzene rings is 1. The van der Waals surface area contributed by atoms with Crippen LogP contribution >= 0.6 is 0 Å². The minimum atomic E-state index is -0.865. The van der Waals surface area contributed by atoms with Crippen molar-refractivity contribution >= 4 is 5.97 Å². The second kappa shape index (κ2) is 5.39. The number of carboxylic acid groups (broad SMARTS) is 1. The predicted molar refractivity (Wildman–Crippen MR) is 59.9 cm³/mol. The molecule has 0 radical (unpaired) electrons. The standard InChI is InChI=1S/C12H16O4/c1-3-9(12(14)15)8-5-6-10(13)11(7-8)16-4-2/h5-7,9,13H,3-4H2,1-2H3,(H,14,15). The van der Waals surface area contributed by atoms with Crippen molar-refractivity contribution < 1.29 is 19.7 Å². The van der Waals surface area contributed by atoms with Crippen LogP contribution in [-0.4, -0.2) is 22.8 Å². The van der Waals surface area contributed by atoms with Crippen LogP contribution in [0.1, 0.15) is 31.7 Å². The third kappa shape index (κ3) is 2.66. The summed E-state index contributed by atoms with van der Waals surface area (Å²) in [5, 5.41) is 18.5. The van der Waals surface area contributed by atoms with Crippen LogP contribution in [-0.2, 0) is 4.79 Å². The van der Waals surface area contributed by atoms with Crippen LogP contribution in [0.3, 0.4) is 0 Å². The van der Waals surface area contributed by atoms with Gasteiger partial charge in [0.1, 0.15) is 0 Å². The summed E-state index contributed by atoms with van der Waals surface area (Å²) in [6.45, 7) is 4.05. The number of hydrogen-bond acceptors (Lipinski definition) is 3. The summed E-state index contributed by atoms with van der Waals surface area (Å²) < 4.78 is 5.21. The first-order valence-corrected chi connectivity index (χ1v) is 5.28. The number of phenolic OH excluding ortho intramolecular Hbond substituents is 1. The summed E-state index contributed by atoms with van der Waals surface area (Å²) in [5.41, 5.74) is 0.649. The number of rotatable bonds is 5. The van der Waals surface area contributed by atoms with Gasteiger partial charge in [-0.15, -0.1) is 0 Å². The molecule has 1 atom stereocenters. The molecule has 0 aromatic heterocycles. The van der Waals surface area contributed by atoms with E-state index in [-0.39, 0.29) is 5.75 Å². The zero-order chi connectivity index (χ0) is 12.1. The predicted octanol–water partition coefficient (Wildman–Crippen LogP) is 2.37. The van der Waals surface area contributed by atoms with E-state index >= 15 is 0 Å². The molecule has 0 amide bonds. The Bertz CT molecular complexity index is 373. The average Bonchev–Trinajstić information content (AvgIpc) is 2.23. The maximum absolute atomic E-state index is 11.0. The number of hydrogen-bond donors (Lipinski definition) is 2. The van der Waals surface area contributed by atoms with Crippen LogP contribution in [0.2, 0.25) is 0 Å². The van der Waals surface area contributed by atoms with Gasteiger partial charge in [-0.05, 0) is 31.0 Å². The van der Waals surface area contributed by atoms with Gasteiger partial charge in [-0.1, -0.05) is 13.0 Å². The minimum Gasteiger partial charge on any atom is -0.504 e. The van der Waals surface area contributed by atoms with E-state index in [1.165, 1.54) is 6.07 Å². The molecule has 0 aliphatic heterocycles. The van der Waals surface area contributed by atoms with Gasteiger partial charge in [0.25, 0.3) is 0 Å². The van der Waals surface area contributed by atoms with Crippen LogP contribution in [0.25, 0.3) is 0 Å². The van der Waals surface area contributed by atoms with Gasteiger partial charge in [-0.2, -0.15) is 0 Å². The quantitative estimate of drug-likeness (QED) is 0.805. The lowest BCUT2D eigenvalue weighted by Gasteiger charge is -2.12. The fourth-order valence-corrected chi connectivity index (χ4v) is 1.57. The molecule has 4 nitrogen and oxygen atoms in total. The first-order valence-electron chi connectivity index (χ1n) is 5.28. The van der Waals surface area contributed by atoms with Crippen molar-refractivity contribution in [2.75, 3.05) is 6.61 Å². The van der Waals surface area contributed by atoms with Gasteiger partial charge in [-0.25, -0.2) is 0 Å². The molecule has 88 valence electrons. The number of carbonyl (C=O) groups is 1. The Hall–Kier alpha value is -1.71. The lowest BCUT2D eigenvalue weighted by Crippen LogP contribution is -2.10. The molecule has 0 spiro atoms. The van der Waals surface area contributed by atoms with Crippen LogP contribution < -0.4 is 4.74 Å². The Morgan fingerprint density at radius 2 is 2.12 bits per heavy atom. The van der Waals surface area contributed by atoms with Gasteiger partial charge in [0, 0.05) is 0 Å². The van der Waals surface area contributed by atoms with E-state index in [0.29, 0.717) is 24.3 Å². The van der Waals surface area contributed by atoms with Gasteiger partial charge in [0.15, 0.2) is 11.5 Å². The molecular formula is C12H16O4. The van der Waals surface area contributed by atoms with Crippen LogP contribution in [0.15, 0.2) is 18.2 Å². The molecule has 16 heavy (non-hydrogen) atoms. The van der Waals surface area contributed by atoms with Gasteiger partial charge in [-0.3, -0.25) is 4.79 Å². The lowest BCUT2D eigenvalue weighted by molar-refractivity contribution is -0.138. The van der Waals surface area contributed by atoms with Crippen molar-refractivity contribution in [3.63, 3.8) is 0 Å². The topological polar surface area (TPSA) is 66.8 Å². The molecule has 0 fully saturated rings. The van der Waals surface area contributed by atoms with E-state index in [9.17, 15) is 9.90 Å². The summed E-state index contributed by atoms with van der Waals surface area (Å²) in [5.74, 6) is -1.05. The van der Waals surface area contributed by atoms with Crippen LogP contribution in [0, 0.1) is 0 Å². The minimum absolute atomic E-state index is 0.0332. The molecule has 0 saturated carbocycles. The molecule has 2 N–H and O–H groups in total. The van der Waals surface area contributed by atoms with E-state index in [1.54, 1.807) is 19.1 Å². The van der Waals surface area contributed by atoms with Crippen molar-refractivity contribution in [2.24, 2.45) is 0 Å². The number of aromatic hydroxyl groups is 1. The van der Waals surface area contributed by atoms with Crippen molar-refractivity contribution in [3.05, 3.63) is 23.8 Å². The molecule has 0 bridgehead atoms. The lowest BCUT2D eigenvalue weighted by atomic mass is 9.96. The molecule has 0 aliphatic rings. The van der Waals surface area contributed by atoms with E-state index in [0.717, 1.165) is 0 Å². The Morgan fingerprint density at radius 3 is 2.62 bits per heavy atom. The van der Waals surface area contributed by atoms with E-state index < -0.39 is 11.9 Å². The summed E-state index contributed by atoms with van der Waals surface area (Å²) >= 11 is 0. The molecule has 1 rings (SSSR count). The fourth-order valence-electron chi connectivity index (χ4n) is 1.57. The van der Waals surface area contributed by atoms with Crippen molar-refractivity contribution in [1.82, 2.24) is 0 Å². The maximum atomic E-state index is 11.0. The first kappa shape index (κ1) is 12.4. The van der Waals surface area contributed by atoms with E-state index in [4.69, 9.17) is 9.84 Å². The molecule has 1 aromatic rings. The van der Waals surface area contributed by atoms with Gasteiger partial charge in [0.05, 0.1) is 12.5 Å². The van der Waals surface area contributed by atoms with Crippen molar-refractivity contribution in [3.8, 4) is 11.5 Å². The summed E-state index contributed by atoms with van der Waals surface area (Å²) in [6, 6.07) is 4.66. The highest BCUT2D eigenvalue weighted by Gasteiger charge is 2.18. The molecule has 1 unspecified atom stereocenters. The fraction of sp³-hybridized carbons (Fsp3) is 0.417. The molecular weight excluding hydrogens is 208 g/mol. The number of phenols is 1. The monoisotopic (exact) mass is 224 g/mol. The largest absolute Gasteiger partial charge is 0.504 e. The Morgan fingerprint density at radius 1 is 1.44 bits per heavy atom. The highest BCUT2D eigenvalue weighted by atomic mass is 16.5. The van der Waals surface area contributed by atoms with Gasteiger partial charge in [0.2, 0.25) is 0 Å². The number of ether oxygens (including phenoxy) is 1. The highest BCUT2D eigenvalue weighted by Crippen LogP contribution is 2.31. The second-order valence-electron chi connectivity index (χ2n) is 3.46. The molecule has 0 heterocycles. The van der Waals surface area contributed by atoms with Crippen LogP contribution in [0.4, 0.5) is 0 Å². The summed E-state index contributed by atoms with van der Waals surface area (Å²) in [7, 11) is 0. The number of aliphatic carboxylic acids is 1. The van der Waals surface area contributed by atoms with Gasteiger partial charge >= 0.3 is 5.97 Å². The van der Waals surface area contributed by atoms with E-state index in [1.807, 2.05) is 6.92 Å². The maximum Gasteiger partial charge on any atom is 0.310 e. The zero-order valence-electron chi connectivity index (χ0n) is 9.43. The zero-order valence-corrected chi connectivity index (χ0v) is 9.43. The SMILES string of the molecule is CCOc1cc(C(CC)C(=O)O)ccc1O. The smallest absolute Gasteiger partial charge is 0.310 e. The molecule has 4 heteroatoms. The third-order valence-corrected chi connectivity index (χ3v) is 2.39. The summed E-state index contributed by atoms with van der Waals surface area (Å²) in [6.07, 6.45) is 0.506. The molecule has 0 saturated heterocycles. The van der Waals surface area contributed by atoms with Crippen molar-refractivity contribution in [2.45, 2.75) is 26.2 Å². The highest BCUT2D eigenvalue weighted by molar-refractivity contribution is 5.76. The summed E-state index contributed by atoms with van der Waals surface area (Å²) in [4.78, 5) is 11.0. The van der Waals surface area contributed by atoms with Crippen molar-refractivity contribution in [1.29, 1.82) is 0 Å². The molecule has 1 aromatic carbocycles. The van der Waals surface area contributed by atoms with Gasteiger partial charge < -0.3 is 14.9 Å². The molecule has 0 aliphatic carbocycles. The average molecular weight is 224 g/mol. The Balaban J connectivity index is 3.05. The normalized spacial score (nSPS) is 12.1. The van der Waals surface area contributed by atoms with Crippen LogP contribution in [0.5, 0.6) is 11.5 Å². The second-order valence-corrected chi connectivity index (χ2v) is 3.46. The first-order chi connectivity index (χ1) is 7.60. The van der Waals surface area contributed by atoms with E-state index in [2.05, 4.69) is 0 Å².